The molecule has 1 amide bonds. The highest BCUT2D eigenvalue weighted by Gasteiger charge is 2.29. The summed E-state index contributed by atoms with van der Waals surface area (Å²) in [5.74, 6) is 2.22. The molecular formula is C18H28N4O2. The van der Waals surface area contributed by atoms with Crippen molar-refractivity contribution in [3.05, 3.63) is 12.1 Å². The van der Waals surface area contributed by atoms with Gasteiger partial charge in [-0.15, -0.1) is 10.2 Å². The van der Waals surface area contributed by atoms with E-state index in [-0.39, 0.29) is 6.10 Å². The third-order valence-corrected chi connectivity index (χ3v) is 5.06. The molecule has 0 radical (unpaired) electrons. The van der Waals surface area contributed by atoms with Crippen LogP contribution in [0.25, 0.3) is 0 Å². The molecule has 2 fully saturated rings. The number of carbonyl (C=O) groups excluding carboxylic acids is 1. The van der Waals surface area contributed by atoms with Gasteiger partial charge >= 0.3 is 0 Å². The van der Waals surface area contributed by atoms with Gasteiger partial charge in [-0.2, -0.15) is 0 Å². The van der Waals surface area contributed by atoms with Gasteiger partial charge in [0.1, 0.15) is 6.10 Å². The summed E-state index contributed by atoms with van der Waals surface area (Å²) in [5, 5.41) is 8.23. The monoisotopic (exact) mass is 332 g/mol. The summed E-state index contributed by atoms with van der Waals surface area (Å²) in [6.45, 7) is 1.46. The molecule has 1 aliphatic carbocycles. The summed E-state index contributed by atoms with van der Waals surface area (Å²) in [6, 6.07) is 3.73. The van der Waals surface area contributed by atoms with E-state index in [4.69, 9.17) is 4.74 Å². The lowest BCUT2D eigenvalue weighted by Crippen LogP contribution is -2.32. The van der Waals surface area contributed by atoms with Crippen LogP contribution in [0.15, 0.2) is 12.1 Å². The van der Waals surface area contributed by atoms with Crippen molar-refractivity contribution in [3.8, 4) is 5.88 Å². The number of aromatic nitrogens is 2. The molecule has 0 bridgehead atoms. The predicted molar refractivity (Wildman–Crippen MR) is 93.2 cm³/mol. The van der Waals surface area contributed by atoms with E-state index in [2.05, 4.69) is 10.2 Å². The number of amides is 1. The van der Waals surface area contributed by atoms with Crippen LogP contribution in [0.3, 0.4) is 0 Å². The van der Waals surface area contributed by atoms with E-state index in [1.807, 2.05) is 36.0 Å². The maximum atomic E-state index is 12.5. The van der Waals surface area contributed by atoms with Crippen molar-refractivity contribution in [3.63, 3.8) is 0 Å². The van der Waals surface area contributed by atoms with Crippen LogP contribution >= 0.6 is 0 Å². The molecule has 2 aliphatic rings. The minimum Gasteiger partial charge on any atom is -0.471 e. The molecular weight excluding hydrogens is 304 g/mol. The maximum absolute atomic E-state index is 12.5. The highest BCUT2D eigenvalue weighted by Crippen LogP contribution is 2.27. The van der Waals surface area contributed by atoms with E-state index in [0.29, 0.717) is 30.7 Å². The zero-order valence-corrected chi connectivity index (χ0v) is 14.8. The van der Waals surface area contributed by atoms with Gasteiger partial charge in [0, 0.05) is 39.5 Å². The zero-order valence-electron chi connectivity index (χ0n) is 14.8. The number of likely N-dealkylation sites (tertiary alicyclic amines) is 1. The van der Waals surface area contributed by atoms with Gasteiger partial charge in [0.2, 0.25) is 11.8 Å². The summed E-state index contributed by atoms with van der Waals surface area (Å²) in [7, 11) is 3.86. The van der Waals surface area contributed by atoms with Crippen LogP contribution in [-0.4, -0.2) is 54.3 Å². The second kappa shape index (κ2) is 7.81. The van der Waals surface area contributed by atoms with Gasteiger partial charge in [-0.1, -0.05) is 19.3 Å². The fourth-order valence-electron chi connectivity index (χ4n) is 3.60. The largest absolute Gasteiger partial charge is 0.471 e. The molecule has 3 rings (SSSR count). The normalized spacial score (nSPS) is 21.8. The SMILES string of the molecule is CN(C)c1ccc(OC2CCN(C(=O)CC3CCCCC3)C2)nn1. The molecule has 0 spiro atoms. The van der Waals surface area contributed by atoms with Gasteiger partial charge in [-0.05, 0) is 24.8 Å². The Morgan fingerprint density at radius 1 is 1.21 bits per heavy atom. The lowest BCUT2D eigenvalue weighted by molar-refractivity contribution is -0.131. The molecule has 132 valence electrons. The molecule has 0 N–H and O–H groups in total. The Hall–Kier alpha value is -1.85. The topological polar surface area (TPSA) is 58.6 Å². The standard InChI is InChI=1S/C18H28N4O2/c1-21(2)16-8-9-17(20-19-16)24-15-10-11-22(13-15)18(23)12-14-6-4-3-5-7-14/h8-9,14-15H,3-7,10-13H2,1-2H3. The molecule has 6 nitrogen and oxygen atoms in total. The van der Waals surface area contributed by atoms with Crippen molar-refractivity contribution >= 4 is 11.7 Å². The van der Waals surface area contributed by atoms with Gasteiger partial charge in [-0.25, -0.2) is 0 Å². The average molecular weight is 332 g/mol. The number of carbonyl (C=O) groups is 1. The number of rotatable bonds is 5. The Kier molecular flexibility index (Phi) is 5.53. The second-order valence-electron chi connectivity index (χ2n) is 7.20. The van der Waals surface area contributed by atoms with Crippen molar-refractivity contribution < 1.29 is 9.53 Å². The van der Waals surface area contributed by atoms with Gasteiger partial charge in [0.15, 0.2) is 5.82 Å². The highest BCUT2D eigenvalue weighted by molar-refractivity contribution is 5.76. The fourth-order valence-corrected chi connectivity index (χ4v) is 3.60. The third kappa shape index (κ3) is 4.36. The minimum atomic E-state index is 0.0276. The van der Waals surface area contributed by atoms with Gasteiger partial charge < -0.3 is 14.5 Å². The highest BCUT2D eigenvalue weighted by atomic mass is 16.5. The van der Waals surface area contributed by atoms with Gasteiger partial charge in [0.25, 0.3) is 0 Å². The summed E-state index contributed by atoms with van der Waals surface area (Å²) < 4.78 is 5.89. The lowest BCUT2D eigenvalue weighted by atomic mass is 9.87. The first kappa shape index (κ1) is 17.0. The smallest absolute Gasteiger partial charge is 0.233 e. The molecule has 1 saturated heterocycles. The van der Waals surface area contributed by atoms with Crippen molar-refractivity contribution in [2.45, 2.75) is 51.0 Å². The Morgan fingerprint density at radius 3 is 2.67 bits per heavy atom. The molecule has 2 heterocycles. The number of hydrogen-bond acceptors (Lipinski definition) is 5. The Balaban J connectivity index is 1.47. The van der Waals surface area contributed by atoms with Crippen molar-refractivity contribution in [2.75, 3.05) is 32.1 Å². The number of ether oxygens (including phenoxy) is 1. The van der Waals surface area contributed by atoms with Crippen LogP contribution in [0.4, 0.5) is 5.82 Å². The van der Waals surface area contributed by atoms with Gasteiger partial charge in [0.05, 0.1) is 6.54 Å². The Labute approximate surface area is 144 Å². The van der Waals surface area contributed by atoms with Crippen molar-refractivity contribution in [1.82, 2.24) is 15.1 Å². The minimum absolute atomic E-state index is 0.0276. The first-order chi connectivity index (χ1) is 11.6. The van der Waals surface area contributed by atoms with E-state index in [0.717, 1.165) is 18.8 Å². The second-order valence-corrected chi connectivity index (χ2v) is 7.20. The molecule has 1 atom stereocenters. The number of nitrogens with zero attached hydrogens (tertiary/aromatic N) is 4. The van der Waals surface area contributed by atoms with Crippen molar-refractivity contribution in [1.29, 1.82) is 0 Å². The first-order valence-corrected chi connectivity index (χ1v) is 9.07. The van der Waals surface area contributed by atoms with Crippen LogP contribution < -0.4 is 9.64 Å². The summed E-state index contributed by atoms with van der Waals surface area (Å²) in [6.07, 6.45) is 7.94. The van der Waals surface area contributed by atoms with Crippen LogP contribution in [0, 0.1) is 5.92 Å². The van der Waals surface area contributed by atoms with Crippen molar-refractivity contribution in [2.24, 2.45) is 5.92 Å². The number of hydrogen-bond donors (Lipinski definition) is 0. The van der Waals surface area contributed by atoms with Crippen LogP contribution in [0.5, 0.6) is 5.88 Å². The summed E-state index contributed by atoms with van der Waals surface area (Å²) in [4.78, 5) is 16.3. The zero-order chi connectivity index (χ0) is 16.9. The summed E-state index contributed by atoms with van der Waals surface area (Å²) in [5.41, 5.74) is 0. The predicted octanol–water partition coefficient (Wildman–Crippen LogP) is 2.49. The lowest BCUT2D eigenvalue weighted by Gasteiger charge is -2.24. The van der Waals surface area contributed by atoms with Crippen LogP contribution in [0.1, 0.15) is 44.9 Å². The van der Waals surface area contributed by atoms with E-state index in [1.165, 1.54) is 32.1 Å². The molecule has 24 heavy (non-hydrogen) atoms. The Bertz CT molecular complexity index is 540. The molecule has 0 aromatic carbocycles. The van der Waals surface area contributed by atoms with E-state index in [9.17, 15) is 4.79 Å². The molecule has 6 heteroatoms. The third-order valence-electron chi connectivity index (χ3n) is 5.06. The molecule has 1 aliphatic heterocycles. The first-order valence-electron chi connectivity index (χ1n) is 9.07. The Morgan fingerprint density at radius 2 is 2.00 bits per heavy atom. The van der Waals surface area contributed by atoms with E-state index >= 15 is 0 Å². The van der Waals surface area contributed by atoms with E-state index in [1.54, 1.807) is 0 Å². The van der Waals surface area contributed by atoms with Crippen LogP contribution in [0.2, 0.25) is 0 Å². The molecule has 1 aromatic rings. The molecule has 1 unspecified atom stereocenters. The number of anilines is 1. The maximum Gasteiger partial charge on any atom is 0.233 e. The van der Waals surface area contributed by atoms with Crippen LogP contribution in [-0.2, 0) is 4.79 Å². The van der Waals surface area contributed by atoms with E-state index < -0.39 is 0 Å². The fraction of sp³-hybridized carbons (Fsp3) is 0.722. The average Bonchev–Trinajstić information content (AvgIpc) is 3.05. The quantitative estimate of drug-likeness (QED) is 0.829. The molecule has 1 saturated carbocycles. The summed E-state index contributed by atoms with van der Waals surface area (Å²) >= 11 is 0. The molecule has 1 aromatic heterocycles. The van der Waals surface area contributed by atoms with Gasteiger partial charge in [-0.3, -0.25) is 4.79 Å².